The Bertz CT molecular complexity index is 951. The van der Waals surface area contributed by atoms with Crippen molar-refractivity contribution in [1.82, 2.24) is 14.7 Å². The number of benzene rings is 2. The van der Waals surface area contributed by atoms with E-state index in [4.69, 9.17) is 9.47 Å². The first-order valence-corrected chi connectivity index (χ1v) is 12.6. The van der Waals surface area contributed by atoms with Gasteiger partial charge in [0, 0.05) is 43.3 Å². The van der Waals surface area contributed by atoms with Gasteiger partial charge in [-0.05, 0) is 50.4 Å². The molecule has 2 heterocycles. The number of rotatable bonds is 9. The fraction of sp³-hybridized carbons (Fsp3) is 0.536. The molecule has 6 nitrogen and oxygen atoms in total. The lowest BCUT2D eigenvalue weighted by atomic mass is 10.0. The molecule has 0 saturated carbocycles. The largest absolute Gasteiger partial charge is 0.497 e. The normalized spacial score (nSPS) is 21.7. The Labute approximate surface area is 204 Å². The fourth-order valence-corrected chi connectivity index (χ4v) is 5.61. The quantitative estimate of drug-likeness (QED) is 0.545. The minimum absolute atomic E-state index is 0.0604. The third-order valence-electron chi connectivity index (χ3n) is 7.66. The highest BCUT2D eigenvalue weighted by Gasteiger charge is 2.35. The van der Waals surface area contributed by atoms with Crippen LogP contribution >= 0.6 is 0 Å². The van der Waals surface area contributed by atoms with Gasteiger partial charge in [0.15, 0.2) is 0 Å². The van der Waals surface area contributed by atoms with Crippen molar-refractivity contribution in [1.29, 1.82) is 0 Å². The Morgan fingerprint density at radius 3 is 2.59 bits per heavy atom. The Balaban J connectivity index is 1.41. The van der Waals surface area contributed by atoms with Crippen LogP contribution in [0.4, 0.5) is 0 Å². The van der Waals surface area contributed by atoms with Crippen LogP contribution in [0.15, 0.2) is 48.5 Å². The van der Waals surface area contributed by atoms with Gasteiger partial charge in [0.1, 0.15) is 11.5 Å². The molecule has 0 bridgehead atoms. The minimum Gasteiger partial charge on any atom is -0.497 e. The van der Waals surface area contributed by atoms with E-state index >= 15 is 0 Å². The highest BCUT2D eigenvalue weighted by molar-refractivity contribution is 5.79. The van der Waals surface area contributed by atoms with Crippen LogP contribution in [0, 0.1) is 0 Å². The van der Waals surface area contributed by atoms with Crippen LogP contribution in [-0.4, -0.2) is 73.6 Å². The summed E-state index contributed by atoms with van der Waals surface area (Å²) in [7, 11) is 3.34. The first-order valence-electron chi connectivity index (χ1n) is 12.6. The van der Waals surface area contributed by atoms with Crippen LogP contribution in [0.1, 0.15) is 56.3 Å². The van der Waals surface area contributed by atoms with Gasteiger partial charge in [0.25, 0.3) is 0 Å². The molecule has 2 fully saturated rings. The molecule has 0 N–H and O–H groups in total. The predicted octanol–water partition coefficient (Wildman–Crippen LogP) is 4.52. The van der Waals surface area contributed by atoms with E-state index in [1.165, 1.54) is 5.56 Å². The zero-order chi connectivity index (χ0) is 24.1. The van der Waals surface area contributed by atoms with Crippen molar-refractivity contribution in [2.24, 2.45) is 0 Å². The van der Waals surface area contributed by atoms with E-state index < -0.39 is 0 Å². The minimum atomic E-state index is 0.0604. The zero-order valence-electron chi connectivity index (χ0n) is 21.1. The number of amides is 1. The molecule has 0 spiro atoms. The first-order chi connectivity index (χ1) is 16.5. The molecule has 3 unspecified atom stereocenters. The summed E-state index contributed by atoms with van der Waals surface area (Å²) in [5.41, 5.74) is 2.43. The van der Waals surface area contributed by atoms with Gasteiger partial charge in [0.05, 0.1) is 26.8 Å². The predicted molar refractivity (Wildman–Crippen MR) is 135 cm³/mol. The van der Waals surface area contributed by atoms with E-state index in [0.717, 1.165) is 62.5 Å². The molecule has 2 aromatic rings. The molecule has 0 aromatic heterocycles. The highest BCUT2D eigenvalue weighted by Crippen LogP contribution is 2.39. The SMILES string of the molecule is CCN(CC(=O)N1CCCC1c1ccc(OC)cc1OC)C1CCN(C(C)c2ccccc2)C1. The maximum Gasteiger partial charge on any atom is 0.237 e. The molecule has 2 aliphatic rings. The summed E-state index contributed by atoms with van der Waals surface area (Å²) in [6.45, 7) is 8.70. The second kappa shape index (κ2) is 11.2. The van der Waals surface area contributed by atoms with Crippen LogP contribution in [0.2, 0.25) is 0 Å². The summed E-state index contributed by atoms with van der Waals surface area (Å²) >= 11 is 0. The van der Waals surface area contributed by atoms with Crippen molar-refractivity contribution >= 4 is 5.91 Å². The molecule has 4 rings (SSSR count). The lowest BCUT2D eigenvalue weighted by molar-refractivity contribution is -0.133. The standard InChI is InChI=1S/C28H39N3O3/c1-5-29(23-15-17-30(19-23)21(2)22-10-7-6-8-11-22)20-28(32)31-16-9-12-26(31)25-14-13-24(33-3)18-27(25)34-4/h6-8,10-11,13-14,18,21,23,26H,5,9,12,15-17,19-20H2,1-4H3. The molecule has 6 heteroatoms. The van der Waals surface area contributed by atoms with Crippen molar-refractivity contribution in [3.05, 3.63) is 59.7 Å². The van der Waals surface area contributed by atoms with Crippen molar-refractivity contribution in [3.8, 4) is 11.5 Å². The first kappa shape index (κ1) is 24.6. The van der Waals surface area contributed by atoms with Gasteiger partial charge in [-0.1, -0.05) is 37.3 Å². The van der Waals surface area contributed by atoms with Gasteiger partial charge in [-0.15, -0.1) is 0 Å². The summed E-state index contributed by atoms with van der Waals surface area (Å²) in [5.74, 6) is 1.78. The zero-order valence-corrected chi connectivity index (χ0v) is 21.1. The fourth-order valence-electron chi connectivity index (χ4n) is 5.61. The van der Waals surface area contributed by atoms with Crippen LogP contribution in [0.5, 0.6) is 11.5 Å². The molecular weight excluding hydrogens is 426 g/mol. The van der Waals surface area contributed by atoms with E-state index in [2.05, 4.69) is 58.9 Å². The van der Waals surface area contributed by atoms with Crippen molar-refractivity contribution < 1.29 is 14.3 Å². The van der Waals surface area contributed by atoms with Crippen molar-refractivity contribution in [2.75, 3.05) is 46.9 Å². The van der Waals surface area contributed by atoms with Crippen LogP contribution in [0.25, 0.3) is 0 Å². The molecule has 0 aliphatic carbocycles. The number of hydrogen-bond donors (Lipinski definition) is 0. The van der Waals surface area contributed by atoms with Gasteiger partial charge in [-0.3, -0.25) is 14.6 Å². The van der Waals surface area contributed by atoms with Crippen LogP contribution in [-0.2, 0) is 4.79 Å². The summed E-state index contributed by atoms with van der Waals surface area (Å²) < 4.78 is 11.0. The van der Waals surface area contributed by atoms with Crippen LogP contribution < -0.4 is 9.47 Å². The lowest BCUT2D eigenvalue weighted by Gasteiger charge is -2.32. The monoisotopic (exact) mass is 465 g/mol. The Morgan fingerprint density at radius 1 is 1.09 bits per heavy atom. The number of likely N-dealkylation sites (tertiary alicyclic amines) is 2. The van der Waals surface area contributed by atoms with E-state index in [1.54, 1.807) is 14.2 Å². The maximum atomic E-state index is 13.5. The molecule has 184 valence electrons. The van der Waals surface area contributed by atoms with Crippen LogP contribution in [0.3, 0.4) is 0 Å². The average molecular weight is 466 g/mol. The molecule has 2 aliphatic heterocycles. The van der Waals surface area contributed by atoms with E-state index in [9.17, 15) is 4.79 Å². The Kier molecular flexibility index (Phi) is 8.11. The number of likely N-dealkylation sites (N-methyl/N-ethyl adjacent to an activating group) is 1. The number of nitrogens with zero attached hydrogens (tertiary/aromatic N) is 3. The van der Waals surface area contributed by atoms with Gasteiger partial charge in [-0.2, -0.15) is 0 Å². The van der Waals surface area contributed by atoms with Gasteiger partial charge >= 0.3 is 0 Å². The number of hydrogen-bond acceptors (Lipinski definition) is 5. The Hall–Kier alpha value is -2.57. The second-order valence-electron chi connectivity index (χ2n) is 9.44. The molecular formula is C28H39N3O3. The number of ether oxygens (including phenoxy) is 2. The number of methoxy groups -OCH3 is 2. The lowest BCUT2D eigenvalue weighted by Crippen LogP contribution is -2.45. The van der Waals surface area contributed by atoms with E-state index in [-0.39, 0.29) is 11.9 Å². The molecule has 2 saturated heterocycles. The third kappa shape index (κ3) is 5.23. The molecule has 3 atom stereocenters. The molecule has 1 amide bonds. The van der Waals surface area contributed by atoms with Gasteiger partial charge < -0.3 is 14.4 Å². The average Bonchev–Trinajstić information content (AvgIpc) is 3.57. The van der Waals surface area contributed by atoms with Crippen molar-refractivity contribution in [2.45, 2.75) is 51.2 Å². The van der Waals surface area contributed by atoms with Gasteiger partial charge in [0.2, 0.25) is 5.91 Å². The maximum absolute atomic E-state index is 13.5. The summed E-state index contributed by atoms with van der Waals surface area (Å²) in [6, 6.07) is 17.5. The summed E-state index contributed by atoms with van der Waals surface area (Å²) in [4.78, 5) is 20.5. The summed E-state index contributed by atoms with van der Waals surface area (Å²) in [5, 5.41) is 0. The third-order valence-corrected chi connectivity index (χ3v) is 7.66. The Morgan fingerprint density at radius 2 is 1.88 bits per heavy atom. The number of carbonyl (C=O) groups is 1. The smallest absolute Gasteiger partial charge is 0.237 e. The molecule has 34 heavy (non-hydrogen) atoms. The number of carbonyl (C=O) groups excluding carboxylic acids is 1. The van der Waals surface area contributed by atoms with E-state index in [0.29, 0.717) is 18.6 Å². The van der Waals surface area contributed by atoms with Crippen molar-refractivity contribution in [3.63, 3.8) is 0 Å². The second-order valence-corrected chi connectivity index (χ2v) is 9.44. The molecule has 2 aromatic carbocycles. The topological polar surface area (TPSA) is 45.3 Å². The molecule has 0 radical (unpaired) electrons. The van der Waals surface area contributed by atoms with E-state index in [1.807, 2.05) is 18.2 Å². The highest BCUT2D eigenvalue weighted by atomic mass is 16.5. The summed E-state index contributed by atoms with van der Waals surface area (Å²) in [6.07, 6.45) is 3.09. The van der Waals surface area contributed by atoms with Gasteiger partial charge in [-0.25, -0.2) is 0 Å².